The molecule has 2 atom stereocenters. The molecule has 2 aromatic carbocycles. The maximum absolute atomic E-state index is 5.85. The predicted molar refractivity (Wildman–Crippen MR) is 118 cm³/mol. The van der Waals surface area contributed by atoms with E-state index in [0.717, 1.165) is 24.3 Å². The predicted octanol–water partition coefficient (Wildman–Crippen LogP) is 3.45. The lowest BCUT2D eigenvalue weighted by Gasteiger charge is -2.15. The van der Waals surface area contributed by atoms with Gasteiger partial charge in [-0.05, 0) is 35.4 Å². The van der Waals surface area contributed by atoms with Crippen molar-refractivity contribution < 1.29 is 37.9 Å². The van der Waals surface area contributed by atoms with Crippen LogP contribution in [0.25, 0.3) is 12.2 Å². The zero-order valence-corrected chi connectivity index (χ0v) is 18.7. The molecular formula is C24H28O8. The van der Waals surface area contributed by atoms with E-state index >= 15 is 0 Å². The van der Waals surface area contributed by atoms with Crippen molar-refractivity contribution >= 4 is 12.2 Å². The van der Waals surface area contributed by atoms with Crippen LogP contribution in [0.15, 0.2) is 24.3 Å². The van der Waals surface area contributed by atoms with Gasteiger partial charge < -0.3 is 37.9 Å². The van der Waals surface area contributed by atoms with Crippen LogP contribution in [0.4, 0.5) is 0 Å². The fourth-order valence-electron chi connectivity index (χ4n) is 3.15. The number of hydrogen-bond donors (Lipinski definition) is 0. The van der Waals surface area contributed by atoms with Crippen molar-refractivity contribution in [3.8, 4) is 34.5 Å². The van der Waals surface area contributed by atoms with E-state index in [1.807, 2.05) is 36.4 Å². The summed E-state index contributed by atoms with van der Waals surface area (Å²) in [7, 11) is 6.40. The average molecular weight is 444 g/mol. The zero-order chi connectivity index (χ0) is 22.5. The van der Waals surface area contributed by atoms with Gasteiger partial charge in [0.15, 0.2) is 23.0 Å². The molecule has 0 aromatic heterocycles. The van der Waals surface area contributed by atoms with Crippen LogP contribution < -0.4 is 28.4 Å². The third-order valence-electron chi connectivity index (χ3n) is 5.07. The highest BCUT2D eigenvalue weighted by Gasteiger charge is 2.26. The molecule has 2 aliphatic rings. The first-order chi connectivity index (χ1) is 15.6. The van der Waals surface area contributed by atoms with E-state index in [2.05, 4.69) is 0 Å². The van der Waals surface area contributed by atoms with E-state index in [1.54, 1.807) is 28.4 Å². The third kappa shape index (κ3) is 5.38. The molecule has 2 unspecified atom stereocenters. The summed E-state index contributed by atoms with van der Waals surface area (Å²) in [5, 5.41) is 0. The quantitative estimate of drug-likeness (QED) is 0.364. The minimum absolute atomic E-state index is 0.137. The zero-order valence-electron chi connectivity index (χ0n) is 18.7. The van der Waals surface area contributed by atoms with Gasteiger partial charge in [0.25, 0.3) is 0 Å². The van der Waals surface area contributed by atoms with Crippen molar-refractivity contribution in [3.05, 3.63) is 35.4 Å². The lowest BCUT2D eigenvalue weighted by atomic mass is 10.1. The summed E-state index contributed by atoms with van der Waals surface area (Å²) < 4.78 is 44.2. The highest BCUT2D eigenvalue weighted by molar-refractivity contribution is 5.75. The molecule has 0 bridgehead atoms. The molecule has 2 heterocycles. The summed E-state index contributed by atoms with van der Waals surface area (Å²) in [5.41, 5.74) is 1.77. The highest BCUT2D eigenvalue weighted by Crippen LogP contribution is 2.41. The van der Waals surface area contributed by atoms with Crippen molar-refractivity contribution in [1.82, 2.24) is 0 Å². The lowest BCUT2D eigenvalue weighted by Crippen LogP contribution is -2.06. The minimum Gasteiger partial charge on any atom is -0.493 e. The van der Waals surface area contributed by atoms with Gasteiger partial charge >= 0.3 is 0 Å². The molecule has 32 heavy (non-hydrogen) atoms. The van der Waals surface area contributed by atoms with E-state index < -0.39 is 0 Å². The first-order valence-corrected chi connectivity index (χ1v) is 10.3. The fraction of sp³-hybridized carbons (Fsp3) is 0.417. The third-order valence-corrected chi connectivity index (χ3v) is 5.07. The summed E-state index contributed by atoms with van der Waals surface area (Å²) in [5.74, 6) is 3.48. The fourth-order valence-corrected chi connectivity index (χ4v) is 3.15. The molecule has 0 aliphatic carbocycles. The van der Waals surface area contributed by atoms with Crippen molar-refractivity contribution in [1.29, 1.82) is 0 Å². The Bertz CT molecular complexity index is 835. The van der Waals surface area contributed by atoms with E-state index in [4.69, 9.17) is 37.9 Å². The van der Waals surface area contributed by atoms with Crippen molar-refractivity contribution in [2.45, 2.75) is 12.2 Å². The second kappa shape index (κ2) is 10.0. The Morgan fingerprint density at radius 3 is 1.22 bits per heavy atom. The first kappa shape index (κ1) is 22.1. The number of rotatable bonds is 12. The van der Waals surface area contributed by atoms with Gasteiger partial charge in [0.05, 0.1) is 41.7 Å². The summed E-state index contributed by atoms with van der Waals surface area (Å²) >= 11 is 0. The van der Waals surface area contributed by atoms with Gasteiger partial charge in [-0.15, -0.1) is 0 Å². The van der Waals surface area contributed by atoms with Crippen LogP contribution in [-0.2, 0) is 9.47 Å². The van der Waals surface area contributed by atoms with Gasteiger partial charge in [-0.25, -0.2) is 0 Å². The lowest BCUT2D eigenvalue weighted by molar-refractivity contribution is 0.240. The average Bonchev–Trinajstić information content (AvgIpc) is 3.74. The Kier molecular flexibility index (Phi) is 6.92. The van der Waals surface area contributed by atoms with Crippen LogP contribution >= 0.6 is 0 Å². The van der Waals surface area contributed by atoms with Gasteiger partial charge in [-0.3, -0.25) is 0 Å². The molecule has 0 N–H and O–H groups in total. The van der Waals surface area contributed by atoms with E-state index in [1.165, 1.54) is 0 Å². The molecule has 2 saturated heterocycles. The van der Waals surface area contributed by atoms with Gasteiger partial charge in [-0.1, -0.05) is 12.2 Å². The molecule has 2 fully saturated rings. The molecule has 2 aliphatic heterocycles. The summed E-state index contributed by atoms with van der Waals surface area (Å²) in [6, 6.07) is 7.57. The van der Waals surface area contributed by atoms with Gasteiger partial charge in [0.2, 0.25) is 11.5 Å². The van der Waals surface area contributed by atoms with Crippen LogP contribution in [0.1, 0.15) is 11.1 Å². The minimum atomic E-state index is 0.137. The number of ether oxygens (including phenoxy) is 8. The van der Waals surface area contributed by atoms with Gasteiger partial charge in [0.1, 0.15) is 25.4 Å². The monoisotopic (exact) mass is 444 g/mol. The van der Waals surface area contributed by atoms with Crippen LogP contribution in [0.2, 0.25) is 0 Å². The Hall–Kier alpha value is -3.10. The Morgan fingerprint density at radius 2 is 0.969 bits per heavy atom. The highest BCUT2D eigenvalue weighted by atomic mass is 16.6. The summed E-state index contributed by atoms with van der Waals surface area (Å²) in [4.78, 5) is 0. The maximum atomic E-state index is 5.85. The topological polar surface area (TPSA) is 80.4 Å². The first-order valence-electron chi connectivity index (χ1n) is 10.3. The second-order valence-electron chi connectivity index (χ2n) is 7.38. The smallest absolute Gasteiger partial charge is 0.203 e. The molecule has 0 saturated carbocycles. The molecular weight excluding hydrogens is 416 g/mol. The Labute approximate surface area is 187 Å². The number of benzene rings is 2. The summed E-state index contributed by atoms with van der Waals surface area (Å²) in [6.45, 7) is 2.36. The van der Waals surface area contributed by atoms with E-state index in [9.17, 15) is 0 Å². The van der Waals surface area contributed by atoms with Crippen LogP contribution in [-0.4, -0.2) is 67.1 Å². The van der Waals surface area contributed by atoms with Crippen LogP contribution in [0.3, 0.4) is 0 Å². The van der Waals surface area contributed by atoms with Crippen molar-refractivity contribution in [3.63, 3.8) is 0 Å². The SMILES string of the molecule is COc1cc(C=Cc2cc(OC)c(OCC3CO3)c(OC)c2)cc(OC)c1OCC1CO1. The number of hydrogen-bond acceptors (Lipinski definition) is 8. The Morgan fingerprint density at radius 1 is 0.656 bits per heavy atom. The molecule has 0 spiro atoms. The van der Waals surface area contributed by atoms with Gasteiger partial charge in [0, 0.05) is 0 Å². The molecule has 2 aromatic rings. The van der Waals surface area contributed by atoms with Gasteiger partial charge in [-0.2, -0.15) is 0 Å². The van der Waals surface area contributed by atoms with Crippen molar-refractivity contribution in [2.75, 3.05) is 54.9 Å². The van der Waals surface area contributed by atoms with E-state index in [0.29, 0.717) is 47.7 Å². The maximum Gasteiger partial charge on any atom is 0.203 e. The molecule has 4 rings (SSSR count). The van der Waals surface area contributed by atoms with Crippen molar-refractivity contribution in [2.24, 2.45) is 0 Å². The summed E-state index contributed by atoms with van der Waals surface area (Å²) in [6.07, 6.45) is 4.17. The van der Waals surface area contributed by atoms with Crippen LogP contribution in [0.5, 0.6) is 34.5 Å². The molecule has 0 radical (unpaired) electrons. The molecule has 8 nitrogen and oxygen atoms in total. The number of methoxy groups -OCH3 is 4. The van der Waals surface area contributed by atoms with E-state index in [-0.39, 0.29) is 12.2 Å². The molecule has 0 amide bonds. The largest absolute Gasteiger partial charge is 0.493 e. The standard InChI is InChI=1S/C24H28O8/c1-25-19-7-15(8-20(26-2)23(19)31-13-17-11-29-17)5-6-16-9-21(27-3)24(22(10-16)28-4)32-14-18-12-30-18/h5-10,17-18H,11-14H2,1-4H3. The number of epoxide rings is 2. The van der Waals surface area contributed by atoms with Crippen LogP contribution in [0, 0.1) is 0 Å². The second-order valence-corrected chi connectivity index (χ2v) is 7.38. The Balaban J connectivity index is 1.57. The normalized spacial score (nSPS) is 18.9. The molecule has 8 heteroatoms. The molecule has 172 valence electrons.